The summed E-state index contributed by atoms with van der Waals surface area (Å²) in [4.78, 5) is 10.2. The minimum Gasteiger partial charge on any atom is -0.473 e. The molecule has 1 atom stereocenters. The molecule has 1 aromatic carbocycles. The minimum absolute atomic E-state index is 0.125. The Bertz CT molecular complexity index is 1110. The van der Waals surface area contributed by atoms with Crippen LogP contribution in [-0.2, 0) is 17.0 Å². The molecule has 2 aromatic rings. The van der Waals surface area contributed by atoms with Crippen molar-refractivity contribution in [3.63, 3.8) is 0 Å². The van der Waals surface area contributed by atoms with Gasteiger partial charge >= 0.3 is 0 Å². The van der Waals surface area contributed by atoms with Crippen molar-refractivity contribution in [1.29, 1.82) is 0 Å². The lowest BCUT2D eigenvalue weighted by atomic mass is 10.2. The van der Waals surface area contributed by atoms with Gasteiger partial charge in [-0.1, -0.05) is 23.1 Å². The third-order valence-electron chi connectivity index (χ3n) is 4.86. The predicted octanol–water partition coefficient (Wildman–Crippen LogP) is 6.87. The molecule has 1 unspecified atom stereocenters. The number of nitrogens with zero attached hydrogens (tertiary/aromatic N) is 3. The first-order valence-electron chi connectivity index (χ1n) is 10.8. The van der Waals surface area contributed by atoms with E-state index in [1.807, 2.05) is 19.9 Å². The number of ether oxygens (including phenoxy) is 2. The number of aromatic nitrogens is 1. The predicted molar refractivity (Wildman–Crippen MR) is 126 cm³/mol. The zero-order chi connectivity index (χ0) is 24.9. The van der Waals surface area contributed by atoms with Gasteiger partial charge in [-0.05, 0) is 49.6 Å². The lowest BCUT2D eigenvalue weighted by Crippen LogP contribution is -2.26. The molecule has 0 spiro atoms. The van der Waals surface area contributed by atoms with Crippen molar-refractivity contribution in [2.75, 3.05) is 6.54 Å². The van der Waals surface area contributed by atoms with Gasteiger partial charge in [-0.15, -0.1) is 0 Å². The van der Waals surface area contributed by atoms with Crippen LogP contribution in [0.15, 0.2) is 59.3 Å². The molecule has 34 heavy (non-hydrogen) atoms. The van der Waals surface area contributed by atoms with Crippen LogP contribution in [0.3, 0.4) is 0 Å². The van der Waals surface area contributed by atoms with Crippen molar-refractivity contribution in [3.05, 3.63) is 77.0 Å². The van der Waals surface area contributed by atoms with Crippen molar-refractivity contribution in [2.24, 2.45) is 4.99 Å². The fourth-order valence-corrected chi connectivity index (χ4v) is 3.45. The van der Waals surface area contributed by atoms with Crippen LogP contribution < -0.4 is 4.74 Å². The van der Waals surface area contributed by atoms with Gasteiger partial charge in [0.1, 0.15) is 18.2 Å². The van der Waals surface area contributed by atoms with E-state index < -0.39 is 28.6 Å². The highest BCUT2D eigenvalue weighted by molar-refractivity contribution is 7.17. The third-order valence-corrected chi connectivity index (χ3v) is 5.19. The number of hydrogen-bond acceptors (Lipinski definition) is 5. The largest absolute Gasteiger partial charge is 0.473 e. The quantitative estimate of drug-likeness (QED) is 0.296. The molecule has 1 aliphatic rings. The molecule has 0 bridgehead atoms. The Morgan fingerprint density at radius 3 is 2.44 bits per heavy atom. The van der Waals surface area contributed by atoms with Crippen LogP contribution in [0.2, 0.25) is 0 Å². The van der Waals surface area contributed by atoms with Gasteiger partial charge in [0, 0.05) is 30.1 Å². The van der Waals surface area contributed by atoms with Crippen LogP contribution in [-0.4, -0.2) is 22.3 Å². The molecule has 10 heteroatoms. The molecule has 0 fully saturated rings. The highest BCUT2D eigenvalue weighted by Gasteiger charge is 2.26. The summed E-state index contributed by atoms with van der Waals surface area (Å²) in [7, 11) is 1.37. The number of rotatable bonds is 8. The maximum absolute atomic E-state index is 14.6. The summed E-state index contributed by atoms with van der Waals surface area (Å²) in [6.07, 6.45) is 7.54. The Balaban J connectivity index is 1.75. The minimum atomic E-state index is -3.25. The molecule has 0 radical (unpaired) electrons. The zero-order valence-corrected chi connectivity index (χ0v) is 20.3. The van der Waals surface area contributed by atoms with Gasteiger partial charge < -0.3 is 14.4 Å². The molecular formula is C24H26F4N3O2P. The van der Waals surface area contributed by atoms with Gasteiger partial charge in [0.15, 0.2) is 17.4 Å². The van der Waals surface area contributed by atoms with Gasteiger partial charge in [-0.2, -0.15) is 13.8 Å². The van der Waals surface area contributed by atoms with Gasteiger partial charge in [-0.3, -0.25) is 4.98 Å². The zero-order valence-electron chi connectivity index (χ0n) is 19.1. The van der Waals surface area contributed by atoms with Crippen LogP contribution >= 0.6 is 9.24 Å². The normalized spacial score (nSPS) is 15.3. The SMILES string of the molecule is CC/C=C1/N=C(OCc2cc(F)c(Oc3cncc(C(F)(F)P)c3)c(F)c2)C=C(C)N1CCC. The fraction of sp³-hybridized carbons (Fsp3) is 0.333. The van der Waals surface area contributed by atoms with E-state index in [1.165, 1.54) is 9.24 Å². The van der Waals surface area contributed by atoms with E-state index in [1.54, 1.807) is 6.08 Å². The van der Waals surface area contributed by atoms with E-state index >= 15 is 0 Å². The van der Waals surface area contributed by atoms with Crippen LogP contribution in [0.4, 0.5) is 17.6 Å². The topological polar surface area (TPSA) is 47.0 Å². The molecule has 2 heterocycles. The molecule has 0 aliphatic carbocycles. The molecule has 1 aromatic heterocycles. The highest BCUT2D eigenvalue weighted by atomic mass is 31.0. The second-order valence-electron chi connectivity index (χ2n) is 7.67. The van der Waals surface area contributed by atoms with E-state index in [4.69, 9.17) is 9.47 Å². The Kier molecular flexibility index (Phi) is 8.31. The second-order valence-corrected chi connectivity index (χ2v) is 8.39. The first-order valence-corrected chi connectivity index (χ1v) is 11.4. The van der Waals surface area contributed by atoms with E-state index in [9.17, 15) is 17.6 Å². The summed E-state index contributed by atoms with van der Waals surface area (Å²) in [5.74, 6) is -1.83. The van der Waals surface area contributed by atoms with Crippen LogP contribution in [0.25, 0.3) is 0 Å². The number of pyridine rings is 1. The Hall–Kier alpha value is -2.93. The highest BCUT2D eigenvalue weighted by Crippen LogP contribution is 2.37. The monoisotopic (exact) mass is 495 g/mol. The lowest BCUT2D eigenvalue weighted by molar-refractivity contribution is 0.103. The molecule has 0 amide bonds. The summed E-state index contributed by atoms with van der Waals surface area (Å²) in [5.41, 5.74) is -2.54. The molecule has 3 rings (SSSR count). The first-order chi connectivity index (χ1) is 16.1. The third kappa shape index (κ3) is 6.35. The molecule has 5 nitrogen and oxygen atoms in total. The second kappa shape index (κ2) is 11.0. The summed E-state index contributed by atoms with van der Waals surface area (Å²) in [5, 5.41) is 0. The molecule has 1 aliphatic heterocycles. The number of alkyl halides is 2. The summed E-state index contributed by atoms with van der Waals surface area (Å²) >= 11 is 0. The molecule has 182 valence electrons. The van der Waals surface area contributed by atoms with E-state index in [0.717, 1.165) is 61.5 Å². The Labute approximate surface area is 198 Å². The first kappa shape index (κ1) is 25.7. The van der Waals surface area contributed by atoms with E-state index in [0.29, 0.717) is 5.90 Å². The standard InChI is InChI=1S/C24H26F4N3O2P/c1-4-6-21-30-22(8-15(3)31(21)7-5-2)32-14-16-9-19(25)23(20(26)10-16)33-18-11-17(12-29-13-18)24(27,28)34/h6,8-13H,4-5,7,14,34H2,1-3H3/b21-6-. The number of aliphatic imine (C=N–C) groups is 1. The number of benzene rings is 1. The maximum Gasteiger partial charge on any atom is 0.285 e. The summed E-state index contributed by atoms with van der Waals surface area (Å²) in [6, 6.07) is 3.09. The average molecular weight is 495 g/mol. The van der Waals surface area contributed by atoms with Gasteiger partial charge in [0.05, 0.1) is 6.20 Å². The Morgan fingerprint density at radius 1 is 1.12 bits per heavy atom. The molecule has 0 saturated carbocycles. The number of hydrogen-bond donors (Lipinski definition) is 0. The number of allylic oxidation sites excluding steroid dienone is 2. The van der Waals surface area contributed by atoms with Crippen LogP contribution in [0, 0.1) is 11.6 Å². The van der Waals surface area contributed by atoms with Crippen molar-refractivity contribution in [2.45, 2.75) is 45.9 Å². The Morgan fingerprint density at radius 2 is 1.82 bits per heavy atom. The fourth-order valence-electron chi connectivity index (χ4n) is 3.29. The number of halogens is 4. The molecule has 0 saturated heterocycles. The van der Waals surface area contributed by atoms with Crippen molar-refractivity contribution < 1.29 is 27.0 Å². The van der Waals surface area contributed by atoms with Crippen molar-refractivity contribution >= 4 is 15.1 Å². The lowest BCUT2D eigenvalue weighted by Gasteiger charge is -2.28. The smallest absolute Gasteiger partial charge is 0.285 e. The van der Waals surface area contributed by atoms with E-state index in [2.05, 4.69) is 21.8 Å². The van der Waals surface area contributed by atoms with Gasteiger partial charge in [0.25, 0.3) is 5.66 Å². The van der Waals surface area contributed by atoms with Crippen molar-refractivity contribution in [1.82, 2.24) is 9.88 Å². The maximum atomic E-state index is 14.6. The van der Waals surface area contributed by atoms with Crippen LogP contribution in [0.5, 0.6) is 11.5 Å². The summed E-state index contributed by atoms with van der Waals surface area (Å²) < 4.78 is 67.0. The molecular weight excluding hydrogens is 469 g/mol. The summed E-state index contributed by atoms with van der Waals surface area (Å²) in [6.45, 7) is 6.72. The van der Waals surface area contributed by atoms with Gasteiger partial charge in [-0.25, -0.2) is 8.78 Å². The molecule has 0 N–H and O–H groups in total. The van der Waals surface area contributed by atoms with Gasteiger partial charge in [0.2, 0.25) is 5.90 Å². The average Bonchev–Trinajstić information content (AvgIpc) is 2.77. The van der Waals surface area contributed by atoms with E-state index in [-0.39, 0.29) is 17.9 Å². The van der Waals surface area contributed by atoms with Crippen LogP contribution in [0.1, 0.15) is 44.7 Å². The van der Waals surface area contributed by atoms with Crippen molar-refractivity contribution in [3.8, 4) is 11.5 Å².